The SMILES string of the molecule is COCCNS(=O)(=O)c1cc(C)c(F)c([N+](=O)[O-])c1. The second kappa shape index (κ2) is 6.04. The standard InChI is InChI=1S/C10H13FN2O5S/c1-7-5-8(6-9(10(7)11)13(14)15)19(16,17)12-3-4-18-2/h5-6,12H,3-4H2,1-2H3. The van der Waals surface area contributed by atoms with E-state index in [-0.39, 0.29) is 23.6 Å². The Hall–Kier alpha value is -1.58. The molecule has 0 unspecified atom stereocenters. The Labute approximate surface area is 109 Å². The Balaban J connectivity index is 3.17. The van der Waals surface area contributed by atoms with Gasteiger partial charge in [-0.3, -0.25) is 10.1 Å². The van der Waals surface area contributed by atoms with Gasteiger partial charge in [0.25, 0.3) is 0 Å². The summed E-state index contributed by atoms with van der Waals surface area (Å²) < 4.78 is 44.0. The number of nitro benzene ring substituents is 1. The molecule has 9 heteroatoms. The van der Waals surface area contributed by atoms with Gasteiger partial charge in [0, 0.05) is 19.7 Å². The minimum Gasteiger partial charge on any atom is -0.383 e. The highest BCUT2D eigenvalue weighted by Crippen LogP contribution is 2.24. The third kappa shape index (κ3) is 3.69. The third-order valence-electron chi connectivity index (χ3n) is 2.31. The second-order valence-corrected chi connectivity index (χ2v) is 5.49. The van der Waals surface area contributed by atoms with Crippen LogP contribution in [-0.2, 0) is 14.8 Å². The number of nitrogens with one attached hydrogen (secondary N) is 1. The van der Waals surface area contributed by atoms with E-state index in [1.807, 2.05) is 0 Å². The van der Waals surface area contributed by atoms with Crippen molar-refractivity contribution in [3.8, 4) is 0 Å². The van der Waals surface area contributed by atoms with E-state index in [0.717, 1.165) is 6.07 Å². The van der Waals surface area contributed by atoms with Gasteiger partial charge in [-0.1, -0.05) is 0 Å². The minimum atomic E-state index is -3.93. The molecule has 0 radical (unpaired) electrons. The van der Waals surface area contributed by atoms with Crippen molar-refractivity contribution in [3.05, 3.63) is 33.6 Å². The molecule has 0 heterocycles. The van der Waals surface area contributed by atoms with Crippen LogP contribution in [0.4, 0.5) is 10.1 Å². The molecule has 0 aliphatic carbocycles. The van der Waals surface area contributed by atoms with E-state index in [9.17, 15) is 22.9 Å². The van der Waals surface area contributed by atoms with Crippen LogP contribution in [0.25, 0.3) is 0 Å². The van der Waals surface area contributed by atoms with Gasteiger partial charge >= 0.3 is 5.69 Å². The average Bonchev–Trinajstić information content (AvgIpc) is 2.32. The van der Waals surface area contributed by atoms with Gasteiger partial charge in [0.2, 0.25) is 15.8 Å². The Morgan fingerprint density at radius 2 is 2.11 bits per heavy atom. The molecule has 1 aromatic carbocycles. The number of ether oxygens (including phenoxy) is 1. The molecule has 0 aromatic heterocycles. The Morgan fingerprint density at radius 3 is 2.63 bits per heavy atom. The lowest BCUT2D eigenvalue weighted by molar-refractivity contribution is -0.387. The first-order valence-electron chi connectivity index (χ1n) is 5.22. The first-order chi connectivity index (χ1) is 8.79. The van der Waals surface area contributed by atoms with Crippen LogP contribution in [0, 0.1) is 22.9 Å². The molecule has 1 rings (SSSR count). The van der Waals surface area contributed by atoms with Crippen molar-refractivity contribution < 1.29 is 22.5 Å². The summed E-state index contributed by atoms with van der Waals surface area (Å²) in [7, 11) is -2.52. The van der Waals surface area contributed by atoms with Crippen molar-refractivity contribution in [2.75, 3.05) is 20.3 Å². The van der Waals surface area contributed by atoms with Crippen LogP contribution >= 0.6 is 0 Å². The molecule has 0 saturated carbocycles. The fraction of sp³-hybridized carbons (Fsp3) is 0.400. The molecule has 1 N–H and O–H groups in total. The lowest BCUT2D eigenvalue weighted by atomic mass is 10.2. The van der Waals surface area contributed by atoms with Crippen LogP contribution in [0.1, 0.15) is 5.56 Å². The summed E-state index contributed by atoms with van der Waals surface area (Å²) in [6.07, 6.45) is 0. The van der Waals surface area contributed by atoms with E-state index in [1.54, 1.807) is 0 Å². The Morgan fingerprint density at radius 1 is 1.47 bits per heavy atom. The zero-order valence-electron chi connectivity index (χ0n) is 10.3. The topological polar surface area (TPSA) is 98.5 Å². The van der Waals surface area contributed by atoms with Crippen molar-refractivity contribution in [1.29, 1.82) is 0 Å². The predicted molar refractivity (Wildman–Crippen MR) is 64.9 cm³/mol. The highest BCUT2D eigenvalue weighted by atomic mass is 32.2. The Bertz CT molecular complexity index is 588. The molecule has 106 valence electrons. The van der Waals surface area contributed by atoms with Gasteiger partial charge in [-0.25, -0.2) is 13.1 Å². The third-order valence-corrected chi connectivity index (χ3v) is 3.75. The van der Waals surface area contributed by atoms with Crippen LogP contribution < -0.4 is 4.72 Å². The first-order valence-corrected chi connectivity index (χ1v) is 6.71. The van der Waals surface area contributed by atoms with Gasteiger partial charge < -0.3 is 4.74 Å². The number of methoxy groups -OCH3 is 1. The summed E-state index contributed by atoms with van der Waals surface area (Å²) in [4.78, 5) is 9.33. The summed E-state index contributed by atoms with van der Waals surface area (Å²) in [5, 5.41) is 10.6. The van der Waals surface area contributed by atoms with E-state index in [0.29, 0.717) is 6.07 Å². The molecule has 0 bridgehead atoms. The van der Waals surface area contributed by atoms with Crippen molar-refractivity contribution in [2.45, 2.75) is 11.8 Å². The summed E-state index contributed by atoms with van der Waals surface area (Å²) in [6.45, 7) is 1.43. The van der Waals surface area contributed by atoms with Gasteiger partial charge in [-0.05, 0) is 18.6 Å². The van der Waals surface area contributed by atoms with Crippen LogP contribution in [0.3, 0.4) is 0 Å². The molecule has 1 aromatic rings. The quantitative estimate of drug-likeness (QED) is 0.478. The number of rotatable bonds is 6. The van der Waals surface area contributed by atoms with Crippen molar-refractivity contribution in [2.24, 2.45) is 0 Å². The number of aryl methyl sites for hydroxylation is 1. The van der Waals surface area contributed by atoms with Crippen LogP contribution in [0.2, 0.25) is 0 Å². The minimum absolute atomic E-state index is 0.0169. The number of halogens is 1. The van der Waals surface area contributed by atoms with Crippen molar-refractivity contribution >= 4 is 15.7 Å². The zero-order valence-corrected chi connectivity index (χ0v) is 11.2. The number of benzene rings is 1. The maximum Gasteiger partial charge on any atom is 0.306 e. The highest BCUT2D eigenvalue weighted by molar-refractivity contribution is 7.89. The van der Waals surface area contributed by atoms with Crippen LogP contribution in [0.15, 0.2) is 17.0 Å². The zero-order chi connectivity index (χ0) is 14.6. The van der Waals surface area contributed by atoms with E-state index in [2.05, 4.69) is 9.46 Å². The molecule has 0 saturated heterocycles. The van der Waals surface area contributed by atoms with Gasteiger partial charge in [0.15, 0.2) is 0 Å². The highest BCUT2D eigenvalue weighted by Gasteiger charge is 2.23. The lowest BCUT2D eigenvalue weighted by Crippen LogP contribution is -2.27. The molecule has 0 atom stereocenters. The molecule has 7 nitrogen and oxygen atoms in total. The average molecular weight is 292 g/mol. The number of hydrogen-bond donors (Lipinski definition) is 1. The van der Waals surface area contributed by atoms with E-state index in [4.69, 9.17) is 0 Å². The molecule has 0 fully saturated rings. The lowest BCUT2D eigenvalue weighted by Gasteiger charge is -2.07. The predicted octanol–water partition coefficient (Wildman–Crippen LogP) is 0.967. The molecule has 19 heavy (non-hydrogen) atoms. The number of hydrogen-bond acceptors (Lipinski definition) is 5. The summed E-state index contributed by atoms with van der Waals surface area (Å²) >= 11 is 0. The van der Waals surface area contributed by atoms with Gasteiger partial charge in [-0.15, -0.1) is 0 Å². The number of nitrogens with zero attached hydrogens (tertiary/aromatic N) is 1. The number of sulfonamides is 1. The first kappa shape index (κ1) is 15.5. The largest absolute Gasteiger partial charge is 0.383 e. The summed E-state index contributed by atoms with van der Waals surface area (Å²) in [5.74, 6) is -1.04. The molecule has 0 aliphatic heterocycles. The smallest absolute Gasteiger partial charge is 0.306 e. The van der Waals surface area contributed by atoms with E-state index < -0.39 is 26.5 Å². The fourth-order valence-corrected chi connectivity index (χ4v) is 2.49. The van der Waals surface area contributed by atoms with E-state index in [1.165, 1.54) is 14.0 Å². The van der Waals surface area contributed by atoms with Crippen LogP contribution in [-0.4, -0.2) is 33.6 Å². The van der Waals surface area contributed by atoms with Gasteiger partial charge in [0.05, 0.1) is 16.4 Å². The number of nitro groups is 1. The van der Waals surface area contributed by atoms with Gasteiger partial charge in [-0.2, -0.15) is 4.39 Å². The fourth-order valence-electron chi connectivity index (χ4n) is 1.37. The molecule has 0 amide bonds. The molecule has 0 aliphatic rings. The second-order valence-electron chi connectivity index (χ2n) is 3.72. The normalized spacial score (nSPS) is 11.5. The molecule has 0 spiro atoms. The van der Waals surface area contributed by atoms with Gasteiger partial charge in [0.1, 0.15) is 0 Å². The van der Waals surface area contributed by atoms with Crippen molar-refractivity contribution in [3.63, 3.8) is 0 Å². The van der Waals surface area contributed by atoms with Crippen molar-refractivity contribution in [1.82, 2.24) is 4.72 Å². The van der Waals surface area contributed by atoms with E-state index >= 15 is 0 Å². The summed E-state index contributed by atoms with van der Waals surface area (Å²) in [6, 6.07) is 1.73. The molecular formula is C10H13FN2O5S. The monoisotopic (exact) mass is 292 g/mol. The maximum absolute atomic E-state index is 13.5. The maximum atomic E-state index is 13.5. The summed E-state index contributed by atoms with van der Waals surface area (Å²) in [5.41, 5.74) is -0.978. The Kier molecular flexibility index (Phi) is 4.92. The van der Waals surface area contributed by atoms with Crippen LogP contribution in [0.5, 0.6) is 0 Å². The molecular weight excluding hydrogens is 279 g/mol.